The molecule has 0 bridgehead atoms. The third kappa shape index (κ3) is 3.57. The van der Waals surface area contributed by atoms with Crippen molar-refractivity contribution in [2.45, 2.75) is 13.2 Å². The van der Waals surface area contributed by atoms with E-state index >= 15 is 0 Å². The van der Waals surface area contributed by atoms with E-state index in [-0.39, 0.29) is 5.97 Å². The van der Waals surface area contributed by atoms with Crippen LogP contribution in [0.2, 0.25) is 0 Å². The zero-order valence-corrected chi connectivity index (χ0v) is 8.03. The van der Waals surface area contributed by atoms with Gasteiger partial charge in [0.2, 0.25) is 6.29 Å². The molecule has 0 aromatic rings. The zero-order valence-electron chi connectivity index (χ0n) is 8.03. The molecule has 1 aliphatic rings. The quantitative estimate of drug-likeness (QED) is 0.461. The summed E-state index contributed by atoms with van der Waals surface area (Å²) >= 11 is 0. The van der Waals surface area contributed by atoms with Crippen molar-refractivity contribution in [1.29, 1.82) is 0 Å². The van der Waals surface area contributed by atoms with Gasteiger partial charge in [0.1, 0.15) is 0 Å². The van der Waals surface area contributed by atoms with Crippen molar-refractivity contribution in [3.05, 3.63) is 12.2 Å². The van der Waals surface area contributed by atoms with E-state index in [1.165, 1.54) is 6.08 Å². The van der Waals surface area contributed by atoms with Crippen LogP contribution in [-0.4, -0.2) is 43.9 Å². The SMILES string of the molecule is CC=CC(=O)OC1CN(C)CCO1. The first kappa shape index (κ1) is 10.2. The van der Waals surface area contributed by atoms with Gasteiger partial charge in [0, 0.05) is 12.6 Å². The van der Waals surface area contributed by atoms with Crippen LogP contribution < -0.4 is 0 Å². The molecule has 13 heavy (non-hydrogen) atoms. The largest absolute Gasteiger partial charge is 0.431 e. The van der Waals surface area contributed by atoms with E-state index in [0.717, 1.165) is 6.54 Å². The smallest absolute Gasteiger partial charge is 0.332 e. The molecule has 1 atom stereocenters. The Morgan fingerprint density at radius 2 is 2.46 bits per heavy atom. The molecule has 0 aromatic heterocycles. The maximum absolute atomic E-state index is 11.0. The number of hydrogen-bond donors (Lipinski definition) is 0. The minimum Gasteiger partial charge on any atom is -0.431 e. The van der Waals surface area contributed by atoms with Crippen molar-refractivity contribution in [3.63, 3.8) is 0 Å². The van der Waals surface area contributed by atoms with Crippen molar-refractivity contribution in [2.75, 3.05) is 26.7 Å². The fourth-order valence-electron chi connectivity index (χ4n) is 1.11. The van der Waals surface area contributed by atoms with Gasteiger partial charge in [-0.2, -0.15) is 0 Å². The maximum atomic E-state index is 11.0. The number of carbonyl (C=O) groups excluding carboxylic acids is 1. The lowest BCUT2D eigenvalue weighted by Gasteiger charge is -2.28. The maximum Gasteiger partial charge on any atom is 0.332 e. The van der Waals surface area contributed by atoms with Crippen LogP contribution >= 0.6 is 0 Å². The summed E-state index contributed by atoms with van der Waals surface area (Å²) < 4.78 is 10.3. The monoisotopic (exact) mass is 185 g/mol. The summed E-state index contributed by atoms with van der Waals surface area (Å²) in [6, 6.07) is 0. The molecule has 0 spiro atoms. The van der Waals surface area contributed by atoms with Gasteiger partial charge in [-0.1, -0.05) is 6.08 Å². The molecule has 1 aliphatic heterocycles. The molecule has 0 amide bonds. The third-order valence-electron chi connectivity index (χ3n) is 1.79. The van der Waals surface area contributed by atoms with Gasteiger partial charge in [-0.05, 0) is 14.0 Å². The topological polar surface area (TPSA) is 38.8 Å². The summed E-state index contributed by atoms with van der Waals surface area (Å²) in [5, 5.41) is 0. The predicted octanol–water partition coefficient (Wildman–Crippen LogP) is 0.394. The second-order valence-electron chi connectivity index (χ2n) is 3.00. The van der Waals surface area contributed by atoms with Crippen molar-refractivity contribution in [3.8, 4) is 0 Å². The van der Waals surface area contributed by atoms with Gasteiger partial charge in [0.15, 0.2) is 0 Å². The molecule has 1 fully saturated rings. The minimum atomic E-state index is -0.414. The highest BCUT2D eigenvalue weighted by Gasteiger charge is 2.19. The first-order chi connectivity index (χ1) is 6.22. The van der Waals surface area contributed by atoms with Crippen LogP contribution in [0.5, 0.6) is 0 Å². The first-order valence-corrected chi connectivity index (χ1v) is 4.36. The molecule has 4 nitrogen and oxygen atoms in total. The number of ether oxygens (including phenoxy) is 2. The molecule has 1 rings (SSSR count). The molecular formula is C9H15NO3. The number of esters is 1. The van der Waals surface area contributed by atoms with Crippen molar-refractivity contribution in [1.82, 2.24) is 4.90 Å². The predicted molar refractivity (Wildman–Crippen MR) is 48.1 cm³/mol. The van der Waals surface area contributed by atoms with Crippen LogP contribution in [0.1, 0.15) is 6.92 Å². The standard InChI is InChI=1S/C9H15NO3/c1-3-4-8(11)13-9-7-10(2)5-6-12-9/h3-4,9H,5-7H2,1-2H3. The highest BCUT2D eigenvalue weighted by molar-refractivity contribution is 5.81. The van der Waals surface area contributed by atoms with E-state index in [9.17, 15) is 4.79 Å². The molecule has 0 aromatic carbocycles. The molecule has 1 unspecified atom stereocenters. The van der Waals surface area contributed by atoms with Crippen molar-refractivity contribution >= 4 is 5.97 Å². The first-order valence-electron chi connectivity index (χ1n) is 4.36. The van der Waals surface area contributed by atoms with Gasteiger partial charge >= 0.3 is 5.97 Å². The number of hydrogen-bond acceptors (Lipinski definition) is 4. The van der Waals surface area contributed by atoms with Crippen LogP contribution in [0, 0.1) is 0 Å². The summed E-state index contributed by atoms with van der Waals surface area (Å²) in [4.78, 5) is 13.1. The van der Waals surface area contributed by atoms with E-state index in [0.29, 0.717) is 13.2 Å². The van der Waals surface area contributed by atoms with Crippen LogP contribution in [0.25, 0.3) is 0 Å². The van der Waals surface area contributed by atoms with E-state index in [4.69, 9.17) is 9.47 Å². The molecule has 0 aliphatic carbocycles. The highest BCUT2D eigenvalue weighted by atomic mass is 16.7. The van der Waals surface area contributed by atoms with E-state index in [2.05, 4.69) is 4.90 Å². The van der Waals surface area contributed by atoms with Crippen molar-refractivity contribution in [2.24, 2.45) is 0 Å². The van der Waals surface area contributed by atoms with Gasteiger partial charge in [-0.25, -0.2) is 4.79 Å². The Labute approximate surface area is 78.1 Å². The molecule has 0 radical (unpaired) electrons. The van der Waals surface area contributed by atoms with Gasteiger partial charge < -0.3 is 9.47 Å². The van der Waals surface area contributed by atoms with Gasteiger partial charge in [0.05, 0.1) is 13.2 Å². The Hall–Kier alpha value is -0.870. The fourth-order valence-corrected chi connectivity index (χ4v) is 1.11. The van der Waals surface area contributed by atoms with E-state index < -0.39 is 6.29 Å². The third-order valence-corrected chi connectivity index (χ3v) is 1.79. The fraction of sp³-hybridized carbons (Fsp3) is 0.667. The molecule has 1 saturated heterocycles. The number of carbonyl (C=O) groups is 1. The summed E-state index contributed by atoms with van der Waals surface area (Å²) in [6.07, 6.45) is 2.62. The second-order valence-corrected chi connectivity index (χ2v) is 3.00. The highest BCUT2D eigenvalue weighted by Crippen LogP contribution is 2.04. The van der Waals surface area contributed by atoms with Gasteiger partial charge in [0.25, 0.3) is 0 Å². The average Bonchev–Trinajstić information content (AvgIpc) is 2.04. The lowest BCUT2D eigenvalue weighted by Crippen LogP contribution is -2.42. The number of likely N-dealkylation sites (N-methyl/N-ethyl adjacent to an activating group) is 1. The Balaban J connectivity index is 2.31. The summed E-state index contributed by atoms with van der Waals surface area (Å²) in [6.45, 7) is 3.92. The van der Waals surface area contributed by atoms with Gasteiger partial charge in [-0.15, -0.1) is 0 Å². The lowest BCUT2D eigenvalue weighted by molar-refractivity contribution is -0.187. The van der Waals surface area contributed by atoms with E-state index in [1.54, 1.807) is 13.0 Å². The Morgan fingerprint density at radius 1 is 1.69 bits per heavy atom. The normalized spacial score (nSPS) is 24.9. The number of rotatable bonds is 2. The molecule has 0 N–H and O–H groups in total. The molecular weight excluding hydrogens is 170 g/mol. The number of nitrogens with zero attached hydrogens (tertiary/aromatic N) is 1. The van der Waals surface area contributed by atoms with Crippen LogP contribution in [0.4, 0.5) is 0 Å². The zero-order chi connectivity index (χ0) is 9.68. The number of allylic oxidation sites excluding steroid dienone is 1. The number of morpholine rings is 1. The second kappa shape index (κ2) is 4.99. The van der Waals surface area contributed by atoms with E-state index in [1.807, 2.05) is 7.05 Å². The average molecular weight is 185 g/mol. The van der Waals surface area contributed by atoms with Crippen molar-refractivity contribution < 1.29 is 14.3 Å². The van der Waals surface area contributed by atoms with Crippen LogP contribution in [0.15, 0.2) is 12.2 Å². The van der Waals surface area contributed by atoms with Crippen LogP contribution in [0.3, 0.4) is 0 Å². The molecule has 4 heteroatoms. The Kier molecular flexibility index (Phi) is 3.92. The summed E-state index contributed by atoms with van der Waals surface area (Å²) in [7, 11) is 1.97. The lowest BCUT2D eigenvalue weighted by atomic mass is 10.4. The molecule has 74 valence electrons. The molecule has 1 heterocycles. The molecule has 0 saturated carbocycles. The summed E-state index contributed by atoms with van der Waals surface area (Å²) in [5.41, 5.74) is 0. The summed E-state index contributed by atoms with van der Waals surface area (Å²) in [5.74, 6) is -0.345. The Bertz CT molecular complexity index is 203. The Morgan fingerprint density at radius 3 is 3.08 bits per heavy atom. The minimum absolute atomic E-state index is 0.345. The van der Waals surface area contributed by atoms with Gasteiger partial charge in [-0.3, -0.25) is 4.90 Å². The van der Waals surface area contributed by atoms with Crippen LogP contribution in [-0.2, 0) is 14.3 Å².